The lowest BCUT2D eigenvalue weighted by atomic mass is 10.2. The van der Waals surface area contributed by atoms with E-state index in [9.17, 15) is 9.36 Å². The zero-order valence-electron chi connectivity index (χ0n) is 12.4. The topological polar surface area (TPSA) is 61.8 Å². The normalized spacial score (nSPS) is 11.4. The molecule has 2 aromatic rings. The molecule has 7 heteroatoms. The zero-order valence-corrected chi connectivity index (χ0v) is 14.1. The molecule has 1 aromatic heterocycles. The van der Waals surface area contributed by atoms with Crippen LogP contribution in [-0.2, 0) is 18.4 Å². The molecule has 118 valence electrons. The number of carbonyl (C=O) groups excluding carboxylic acids is 1. The lowest BCUT2D eigenvalue weighted by molar-refractivity contribution is -0.118. The number of carbonyl (C=O) groups is 1. The first kappa shape index (κ1) is 16.9. The molecule has 0 aliphatic heterocycles. The largest absolute Gasteiger partial charge is 0.484 e. The van der Waals surface area contributed by atoms with Gasteiger partial charge in [-0.05, 0) is 17.0 Å². The van der Waals surface area contributed by atoms with Crippen LogP contribution in [0.2, 0.25) is 0 Å². The molecule has 22 heavy (non-hydrogen) atoms. The quantitative estimate of drug-likeness (QED) is 0.683. The first-order valence-corrected chi connectivity index (χ1v) is 9.16. The fourth-order valence-corrected chi connectivity index (χ4v) is 3.61. The Morgan fingerprint density at radius 1 is 1.14 bits per heavy atom. The van der Waals surface area contributed by atoms with Crippen LogP contribution in [0, 0.1) is 0 Å². The molecule has 0 aliphatic carbocycles. The fourth-order valence-electron chi connectivity index (χ4n) is 1.83. The van der Waals surface area contributed by atoms with E-state index in [4.69, 9.17) is 13.8 Å². The summed E-state index contributed by atoms with van der Waals surface area (Å²) < 4.78 is 26.9. The molecular formula is C15H17O5PS. The molecule has 2 rings (SSSR count). The van der Waals surface area contributed by atoms with Crippen molar-refractivity contribution in [2.24, 2.45) is 0 Å². The van der Waals surface area contributed by atoms with E-state index in [0.717, 1.165) is 10.4 Å². The van der Waals surface area contributed by atoms with Crippen LogP contribution in [-0.4, -0.2) is 32.8 Å². The van der Waals surface area contributed by atoms with Gasteiger partial charge in [-0.3, -0.25) is 9.36 Å². The van der Waals surface area contributed by atoms with E-state index in [1.165, 1.54) is 25.6 Å². The number of hydrogen-bond acceptors (Lipinski definition) is 6. The summed E-state index contributed by atoms with van der Waals surface area (Å²) >= 11 is 1.54. The van der Waals surface area contributed by atoms with Crippen LogP contribution in [0.3, 0.4) is 0 Å². The van der Waals surface area contributed by atoms with Gasteiger partial charge in [-0.2, -0.15) is 0 Å². The second-order valence-electron chi connectivity index (χ2n) is 4.44. The van der Waals surface area contributed by atoms with Crippen molar-refractivity contribution in [2.45, 2.75) is 0 Å². The molecule has 0 bridgehead atoms. The van der Waals surface area contributed by atoms with Gasteiger partial charge in [-0.1, -0.05) is 30.3 Å². The van der Waals surface area contributed by atoms with Crippen molar-refractivity contribution in [3.05, 3.63) is 41.8 Å². The molecule has 0 unspecified atom stereocenters. The van der Waals surface area contributed by atoms with Gasteiger partial charge in [0.25, 0.3) is 0 Å². The molecule has 1 heterocycles. The Balaban J connectivity index is 2.00. The number of Topliss-reactive ketones (excluding diaryl/α,β-unsaturated/α-hetero) is 1. The van der Waals surface area contributed by atoms with Gasteiger partial charge in [-0.25, -0.2) is 0 Å². The Morgan fingerprint density at radius 3 is 2.45 bits per heavy atom. The molecule has 5 nitrogen and oxygen atoms in total. The van der Waals surface area contributed by atoms with Crippen molar-refractivity contribution in [1.82, 2.24) is 0 Å². The second-order valence-corrected chi connectivity index (χ2v) is 7.63. The lowest BCUT2D eigenvalue weighted by Gasteiger charge is -2.13. The highest BCUT2D eigenvalue weighted by atomic mass is 32.1. The molecule has 0 radical (unpaired) electrons. The molecule has 0 amide bonds. The predicted molar refractivity (Wildman–Crippen MR) is 86.7 cm³/mol. The number of ether oxygens (including phenoxy) is 1. The summed E-state index contributed by atoms with van der Waals surface area (Å²) in [4.78, 5) is 12.8. The average molecular weight is 340 g/mol. The molecule has 0 N–H and O–H groups in total. The van der Waals surface area contributed by atoms with Crippen LogP contribution in [0.4, 0.5) is 0 Å². The Kier molecular flexibility index (Phi) is 5.91. The summed E-state index contributed by atoms with van der Waals surface area (Å²) in [5.74, 6) is 0.298. The third-order valence-electron chi connectivity index (χ3n) is 2.98. The van der Waals surface area contributed by atoms with Gasteiger partial charge in [0.15, 0.2) is 5.78 Å². The minimum Gasteiger partial charge on any atom is -0.484 e. The van der Waals surface area contributed by atoms with E-state index in [-0.39, 0.29) is 18.6 Å². The summed E-state index contributed by atoms with van der Waals surface area (Å²) in [6.07, 6.45) is -0.301. The number of rotatable bonds is 8. The number of ketones is 1. The maximum atomic E-state index is 11.9. The van der Waals surface area contributed by atoms with E-state index in [1.807, 2.05) is 41.8 Å². The monoisotopic (exact) mass is 340 g/mol. The fraction of sp³-hybridized carbons (Fsp3) is 0.267. The molecular weight excluding hydrogens is 323 g/mol. The Hall–Kier alpha value is -1.46. The van der Waals surface area contributed by atoms with Crippen LogP contribution in [0.15, 0.2) is 41.8 Å². The van der Waals surface area contributed by atoms with Crippen LogP contribution < -0.4 is 4.74 Å². The third-order valence-corrected chi connectivity index (χ3v) is 5.78. The van der Waals surface area contributed by atoms with Crippen LogP contribution in [0.5, 0.6) is 5.75 Å². The standard InChI is InChI=1S/C15H17O5PS/c1-18-21(17,19-2)11-13(16)10-20-14-8-9-22-15(14)12-6-4-3-5-7-12/h3-9H,10-11H2,1-2H3. The lowest BCUT2D eigenvalue weighted by Crippen LogP contribution is -2.16. The van der Waals surface area contributed by atoms with Gasteiger partial charge in [0, 0.05) is 14.2 Å². The molecule has 1 aromatic carbocycles. The zero-order chi connectivity index (χ0) is 16.0. The highest BCUT2D eigenvalue weighted by Gasteiger charge is 2.25. The van der Waals surface area contributed by atoms with Crippen molar-refractivity contribution in [3.8, 4) is 16.2 Å². The van der Waals surface area contributed by atoms with E-state index >= 15 is 0 Å². The van der Waals surface area contributed by atoms with Gasteiger partial charge in [0.1, 0.15) is 18.5 Å². The average Bonchev–Trinajstić information content (AvgIpc) is 3.02. The summed E-state index contributed by atoms with van der Waals surface area (Å²) in [5.41, 5.74) is 1.03. The summed E-state index contributed by atoms with van der Waals surface area (Å²) in [6.45, 7) is -0.173. The SMILES string of the molecule is COP(=O)(CC(=O)COc1ccsc1-c1ccccc1)OC. The third kappa shape index (κ3) is 4.27. The minimum absolute atomic E-state index is 0.173. The highest BCUT2D eigenvalue weighted by molar-refractivity contribution is 7.54. The minimum atomic E-state index is -3.34. The smallest absolute Gasteiger partial charge is 0.337 e. The highest BCUT2D eigenvalue weighted by Crippen LogP contribution is 2.46. The van der Waals surface area contributed by atoms with Crippen molar-refractivity contribution in [3.63, 3.8) is 0 Å². The van der Waals surface area contributed by atoms with Crippen LogP contribution in [0.25, 0.3) is 10.4 Å². The Morgan fingerprint density at radius 2 is 1.82 bits per heavy atom. The van der Waals surface area contributed by atoms with Crippen molar-refractivity contribution in [1.29, 1.82) is 0 Å². The number of benzene rings is 1. The Labute approximate surface area is 133 Å². The molecule has 0 atom stereocenters. The number of thiophene rings is 1. The molecule has 0 aliphatic rings. The molecule has 0 saturated carbocycles. The van der Waals surface area contributed by atoms with E-state index in [1.54, 1.807) is 0 Å². The van der Waals surface area contributed by atoms with E-state index in [0.29, 0.717) is 5.75 Å². The molecule has 0 fully saturated rings. The predicted octanol–water partition coefficient (Wildman–Crippen LogP) is 3.85. The van der Waals surface area contributed by atoms with E-state index in [2.05, 4.69) is 0 Å². The van der Waals surface area contributed by atoms with Crippen molar-refractivity contribution >= 4 is 24.7 Å². The van der Waals surface area contributed by atoms with Crippen molar-refractivity contribution < 1.29 is 23.1 Å². The number of hydrogen-bond donors (Lipinski definition) is 0. The molecule has 0 saturated heterocycles. The van der Waals surface area contributed by atoms with Gasteiger partial charge in [-0.15, -0.1) is 11.3 Å². The Bertz CT molecular complexity index is 660. The maximum absolute atomic E-state index is 11.9. The van der Waals surface area contributed by atoms with Gasteiger partial charge < -0.3 is 13.8 Å². The van der Waals surface area contributed by atoms with Crippen LogP contribution in [0.1, 0.15) is 0 Å². The molecule has 0 spiro atoms. The van der Waals surface area contributed by atoms with E-state index < -0.39 is 7.60 Å². The summed E-state index contributed by atoms with van der Waals surface area (Å²) in [6, 6.07) is 11.6. The van der Waals surface area contributed by atoms with Gasteiger partial charge >= 0.3 is 7.60 Å². The van der Waals surface area contributed by atoms with Gasteiger partial charge in [0.2, 0.25) is 0 Å². The first-order valence-electron chi connectivity index (χ1n) is 6.56. The van der Waals surface area contributed by atoms with Gasteiger partial charge in [0.05, 0.1) is 4.88 Å². The summed E-state index contributed by atoms with van der Waals surface area (Å²) in [7, 11) is -0.831. The van der Waals surface area contributed by atoms with Crippen LogP contribution >= 0.6 is 18.9 Å². The maximum Gasteiger partial charge on any atom is 0.337 e. The second kappa shape index (κ2) is 7.70. The summed E-state index contributed by atoms with van der Waals surface area (Å²) in [5, 5.41) is 1.90. The first-order chi connectivity index (χ1) is 10.6. The van der Waals surface area contributed by atoms with Crippen molar-refractivity contribution in [2.75, 3.05) is 27.0 Å².